The van der Waals surface area contributed by atoms with Crippen LogP contribution >= 0.6 is 0 Å². The molecule has 1 aliphatic heterocycles. The zero-order valence-electron chi connectivity index (χ0n) is 23.8. The van der Waals surface area contributed by atoms with Gasteiger partial charge in [-0.05, 0) is 67.2 Å². The highest BCUT2D eigenvalue weighted by molar-refractivity contribution is 5.95. The van der Waals surface area contributed by atoms with Gasteiger partial charge in [0.2, 0.25) is 5.91 Å². The van der Waals surface area contributed by atoms with Crippen LogP contribution in [-0.4, -0.2) is 76.4 Å². The van der Waals surface area contributed by atoms with Gasteiger partial charge in [0.25, 0.3) is 5.91 Å². The van der Waals surface area contributed by atoms with Gasteiger partial charge in [-0.2, -0.15) is 0 Å². The third kappa shape index (κ3) is 7.15. The Balaban J connectivity index is 1.21. The summed E-state index contributed by atoms with van der Waals surface area (Å²) in [6.07, 6.45) is 5.05. The van der Waals surface area contributed by atoms with Crippen LogP contribution in [0.25, 0.3) is 0 Å². The average Bonchev–Trinajstić information content (AvgIpc) is 3.93. The van der Waals surface area contributed by atoms with Crippen molar-refractivity contribution in [2.75, 3.05) is 53.6 Å². The molecular formula is C32H43N3O5. The van der Waals surface area contributed by atoms with Crippen LogP contribution in [0.1, 0.15) is 53.9 Å². The lowest BCUT2D eigenvalue weighted by Crippen LogP contribution is -2.42. The highest BCUT2D eigenvalue weighted by atomic mass is 16.5. The number of hydrogen-bond donors (Lipinski definition) is 2. The van der Waals surface area contributed by atoms with Crippen LogP contribution in [0.2, 0.25) is 0 Å². The molecule has 3 atom stereocenters. The van der Waals surface area contributed by atoms with E-state index in [1.165, 1.54) is 0 Å². The number of amides is 2. The van der Waals surface area contributed by atoms with E-state index in [2.05, 4.69) is 22.8 Å². The number of hydrogen-bond acceptors (Lipinski definition) is 6. The van der Waals surface area contributed by atoms with Gasteiger partial charge in [0.05, 0.1) is 19.6 Å². The van der Waals surface area contributed by atoms with Crippen molar-refractivity contribution in [3.63, 3.8) is 0 Å². The summed E-state index contributed by atoms with van der Waals surface area (Å²) in [7, 11) is 3.27. The van der Waals surface area contributed by atoms with Crippen molar-refractivity contribution in [3.8, 4) is 11.5 Å². The summed E-state index contributed by atoms with van der Waals surface area (Å²) < 4.78 is 16.5. The highest BCUT2D eigenvalue weighted by Crippen LogP contribution is 2.42. The van der Waals surface area contributed by atoms with Crippen LogP contribution < -0.4 is 20.1 Å². The third-order valence-electron chi connectivity index (χ3n) is 8.39. The molecule has 2 N–H and O–H groups in total. The van der Waals surface area contributed by atoms with Crippen LogP contribution in [-0.2, 0) is 9.53 Å². The van der Waals surface area contributed by atoms with Crippen LogP contribution in [0.15, 0.2) is 48.5 Å². The lowest BCUT2D eigenvalue weighted by Gasteiger charge is -2.29. The first-order chi connectivity index (χ1) is 19.6. The molecule has 216 valence electrons. The molecule has 40 heavy (non-hydrogen) atoms. The predicted molar refractivity (Wildman–Crippen MR) is 154 cm³/mol. The van der Waals surface area contributed by atoms with Gasteiger partial charge in [0.15, 0.2) is 11.5 Å². The van der Waals surface area contributed by atoms with Crippen molar-refractivity contribution in [2.45, 2.75) is 44.1 Å². The van der Waals surface area contributed by atoms with Crippen LogP contribution in [0.5, 0.6) is 11.5 Å². The van der Waals surface area contributed by atoms with Gasteiger partial charge in [0, 0.05) is 57.9 Å². The maximum atomic E-state index is 13.8. The summed E-state index contributed by atoms with van der Waals surface area (Å²) in [5, 5.41) is 6.79. The number of benzene rings is 2. The van der Waals surface area contributed by atoms with Gasteiger partial charge in [-0.3, -0.25) is 9.59 Å². The first kappa shape index (κ1) is 28.4. The van der Waals surface area contributed by atoms with Gasteiger partial charge in [-0.1, -0.05) is 30.3 Å². The zero-order valence-corrected chi connectivity index (χ0v) is 23.8. The third-order valence-corrected chi connectivity index (χ3v) is 8.39. The Hall–Kier alpha value is -3.10. The SMILES string of the molecule is COCCCOc1cc(C(=O)N(C[C@@H]2CNC[C@H]2CNC(=O)C(c2ccccc2)C2CC2)C2CC2)ccc1OC. The van der Waals surface area contributed by atoms with Crippen LogP contribution in [0.3, 0.4) is 0 Å². The van der Waals surface area contributed by atoms with Gasteiger partial charge >= 0.3 is 0 Å². The van der Waals surface area contributed by atoms with E-state index in [4.69, 9.17) is 14.2 Å². The second kappa shape index (κ2) is 13.5. The Bertz CT molecular complexity index is 1130. The summed E-state index contributed by atoms with van der Waals surface area (Å²) in [6, 6.07) is 15.9. The molecule has 2 amide bonds. The molecule has 2 aromatic carbocycles. The molecule has 3 fully saturated rings. The predicted octanol–water partition coefficient (Wildman–Crippen LogP) is 3.86. The maximum Gasteiger partial charge on any atom is 0.254 e. The van der Waals surface area contributed by atoms with E-state index in [1.807, 2.05) is 35.2 Å². The number of rotatable bonds is 15. The summed E-state index contributed by atoms with van der Waals surface area (Å²) in [6.45, 7) is 4.10. The lowest BCUT2D eigenvalue weighted by molar-refractivity contribution is -0.123. The minimum absolute atomic E-state index is 0.0273. The average molecular weight is 550 g/mol. The smallest absolute Gasteiger partial charge is 0.254 e. The molecule has 1 unspecified atom stereocenters. The van der Waals surface area contributed by atoms with Crippen LogP contribution in [0, 0.1) is 17.8 Å². The molecule has 0 bridgehead atoms. The van der Waals surface area contributed by atoms with E-state index in [0.717, 1.165) is 50.8 Å². The zero-order chi connectivity index (χ0) is 27.9. The molecule has 0 spiro atoms. The molecule has 2 aromatic rings. The molecule has 2 aliphatic carbocycles. The fraction of sp³-hybridized carbons (Fsp3) is 0.562. The highest BCUT2D eigenvalue weighted by Gasteiger charge is 2.40. The minimum Gasteiger partial charge on any atom is -0.493 e. The minimum atomic E-state index is -0.0699. The molecule has 2 saturated carbocycles. The monoisotopic (exact) mass is 549 g/mol. The topological polar surface area (TPSA) is 89.1 Å². The number of carbonyl (C=O) groups excluding carboxylic acids is 2. The first-order valence-electron chi connectivity index (χ1n) is 14.7. The molecule has 8 nitrogen and oxygen atoms in total. The molecule has 3 aliphatic rings. The van der Waals surface area contributed by atoms with Gasteiger partial charge < -0.3 is 29.7 Å². The van der Waals surface area contributed by atoms with Crippen molar-refractivity contribution in [1.82, 2.24) is 15.5 Å². The van der Waals surface area contributed by atoms with E-state index in [9.17, 15) is 9.59 Å². The van der Waals surface area contributed by atoms with E-state index >= 15 is 0 Å². The summed E-state index contributed by atoms with van der Waals surface area (Å²) >= 11 is 0. The van der Waals surface area contributed by atoms with Crippen molar-refractivity contribution in [1.29, 1.82) is 0 Å². The Kier molecular flexibility index (Phi) is 9.60. The molecular weight excluding hydrogens is 506 g/mol. The fourth-order valence-electron chi connectivity index (χ4n) is 5.82. The standard InChI is InChI=1S/C32H43N3O5/c1-38-15-6-16-40-29-17-24(11-14-28(29)39-2)32(37)35(27-12-13-27)21-26-19-33-18-25(26)20-34-31(36)30(23-9-10-23)22-7-4-3-5-8-22/h3-5,7-8,11,14,17,23,25-27,30,33H,6,9-10,12-13,15-16,18-21H2,1-2H3,(H,34,36)/t25-,26-,30?/m0/s1. The quantitative estimate of drug-likeness (QED) is 0.328. The number of ether oxygens (including phenoxy) is 3. The molecule has 0 aromatic heterocycles. The van der Waals surface area contributed by atoms with E-state index in [1.54, 1.807) is 20.3 Å². The largest absolute Gasteiger partial charge is 0.493 e. The van der Waals surface area contributed by atoms with Crippen molar-refractivity contribution < 1.29 is 23.8 Å². The molecule has 1 saturated heterocycles. The maximum absolute atomic E-state index is 13.8. The van der Waals surface area contributed by atoms with E-state index in [-0.39, 0.29) is 35.6 Å². The van der Waals surface area contributed by atoms with Crippen molar-refractivity contribution in [2.24, 2.45) is 17.8 Å². The van der Waals surface area contributed by atoms with Gasteiger partial charge in [-0.15, -0.1) is 0 Å². The van der Waals surface area contributed by atoms with Crippen molar-refractivity contribution >= 4 is 11.8 Å². The summed E-state index contributed by atoms with van der Waals surface area (Å²) in [5.41, 5.74) is 1.72. The Morgan fingerprint density at radius 1 is 0.975 bits per heavy atom. The number of nitrogens with zero attached hydrogens (tertiary/aromatic N) is 1. The Labute approximate surface area is 237 Å². The first-order valence-corrected chi connectivity index (χ1v) is 14.7. The van der Waals surface area contributed by atoms with Gasteiger partial charge in [-0.25, -0.2) is 0 Å². The normalized spacial score (nSPS) is 21.1. The van der Waals surface area contributed by atoms with Crippen LogP contribution in [0.4, 0.5) is 0 Å². The van der Waals surface area contributed by atoms with Crippen molar-refractivity contribution in [3.05, 3.63) is 59.7 Å². The number of methoxy groups -OCH3 is 2. The summed E-state index contributed by atoms with van der Waals surface area (Å²) in [4.78, 5) is 29.1. The fourth-order valence-corrected chi connectivity index (χ4v) is 5.82. The van der Waals surface area contributed by atoms with E-state index < -0.39 is 0 Å². The summed E-state index contributed by atoms with van der Waals surface area (Å²) in [5.74, 6) is 2.29. The second-order valence-corrected chi connectivity index (χ2v) is 11.4. The lowest BCUT2D eigenvalue weighted by atomic mass is 9.91. The molecule has 5 rings (SSSR count). The Morgan fingerprint density at radius 2 is 1.75 bits per heavy atom. The van der Waals surface area contributed by atoms with E-state index in [0.29, 0.717) is 49.3 Å². The van der Waals surface area contributed by atoms with Gasteiger partial charge in [0.1, 0.15) is 0 Å². The molecule has 0 radical (unpaired) electrons. The molecule has 1 heterocycles. The second-order valence-electron chi connectivity index (χ2n) is 11.4. The molecule has 8 heteroatoms. The number of carbonyl (C=O) groups is 2. The number of nitrogens with one attached hydrogen (secondary N) is 2. The Morgan fingerprint density at radius 3 is 2.45 bits per heavy atom.